The summed E-state index contributed by atoms with van der Waals surface area (Å²) >= 11 is 0. The third-order valence-electron chi connectivity index (χ3n) is 7.25. The zero-order valence-electron chi connectivity index (χ0n) is 22.1. The van der Waals surface area contributed by atoms with Crippen LogP contribution in [0, 0.1) is 12.7 Å². The summed E-state index contributed by atoms with van der Waals surface area (Å²) in [5.41, 5.74) is 3.85. The summed E-state index contributed by atoms with van der Waals surface area (Å²) in [6.07, 6.45) is -2.18. The largest absolute Gasteiger partial charge is 0.485 e. The summed E-state index contributed by atoms with van der Waals surface area (Å²) in [5.74, 6) is -6.78. The van der Waals surface area contributed by atoms with Gasteiger partial charge in [-0.25, -0.2) is 36.1 Å². The average Bonchev–Trinajstić information content (AvgIpc) is 3.01. The number of aromatic nitrogens is 2. The molecule has 2 aromatic heterocycles. The average molecular weight is 607 g/mol. The number of amides is 1. The van der Waals surface area contributed by atoms with Gasteiger partial charge in [0, 0.05) is 12.3 Å². The first kappa shape index (κ1) is 30.5. The lowest BCUT2D eigenvalue weighted by molar-refractivity contribution is -0.148. The Kier molecular flexibility index (Phi) is 8.26. The van der Waals surface area contributed by atoms with Crippen molar-refractivity contribution >= 4 is 27.3 Å². The Morgan fingerprint density at radius 2 is 2.02 bits per heavy atom. The number of hydrogen-bond acceptors (Lipinski definition) is 8. The monoisotopic (exact) mass is 606 g/mol. The molecule has 0 saturated carbocycles. The summed E-state index contributed by atoms with van der Waals surface area (Å²) in [7, 11) is -2.92. The van der Waals surface area contributed by atoms with Crippen LogP contribution < -0.4 is 15.8 Å². The number of aryl methyl sites for hydroxylation is 1. The number of rotatable bonds is 8. The van der Waals surface area contributed by atoms with Crippen molar-refractivity contribution in [3.8, 4) is 5.75 Å². The number of anilines is 1. The van der Waals surface area contributed by atoms with E-state index in [1.165, 1.54) is 6.92 Å². The lowest BCUT2D eigenvalue weighted by Gasteiger charge is -2.33. The number of ether oxygens (including phenoxy) is 1. The quantitative estimate of drug-likeness (QED) is 0.428. The van der Waals surface area contributed by atoms with Crippen molar-refractivity contribution in [3.05, 3.63) is 47.2 Å². The van der Waals surface area contributed by atoms with E-state index in [1.54, 1.807) is 6.92 Å². The number of carbonyl (C=O) groups is 1. The van der Waals surface area contributed by atoms with Gasteiger partial charge < -0.3 is 15.8 Å². The molecule has 2 aliphatic rings. The number of nitrogens with one attached hydrogen (secondary N) is 1. The fourth-order valence-electron chi connectivity index (χ4n) is 4.68. The molecule has 2 aliphatic heterocycles. The molecule has 3 atom stereocenters. The SMILES string of the molecule is Cc1cc(OCC(F)(F)C(F)F)cnc1C(=O)Nc1ccc(F)c([C@]2(CF)CC[S@]3(=O)=NCCC[C@]3(C)C(N)=N2)n1. The maximum absolute atomic E-state index is 15.1. The summed E-state index contributed by atoms with van der Waals surface area (Å²) in [4.78, 5) is 25.2. The number of hydrogen-bond donors (Lipinski definition) is 2. The molecule has 0 fully saturated rings. The van der Waals surface area contributed by atoms with Crippen LogP contribution in [0.4, 0.5) is 32.2 Å². The first-order valence-corrected chi connectivity index (χ1v) is 14.2. The van der Waals surface area contributed by atoms with Gasteiger partial charge in [0.1, 0.15) is 51.6 Å². The van der Waals surface area contributed by atoms with E-state index in [2.05, 4.69) is 24.6 Å². The topological polar surface area (TPSA) is 132 Å². The molecule has 0 aliphatic carbocycles. The summed E-state index contributed by atoms with van der Waals surface area (Å²) in [6, 6.07) is 3.24. The Morgan fingerprint density at radius 3 is 2.68 bits per heavy atom. The fraction of sp³-hybridized carbons (Fsp3) is 0.520. The molecule has 0 bridgehead atoms. The molecule has 4 heterocycles. The molecule has 0 spiro atoms. The van der Waals surface area contributed by atoms with E-state index in [-0.39, 0.29) is 40.8 Å². The number of alkyl halides is 5. The number of fused-ring (bicyclic) bond motifs is 1. The standard InChI is InChI=1S/C25H28F6N6O3S/c1-14-10-15(40-13-25(30,31)21(28)29)11-33-18(14)20(38)36-17-5-4-16(27)19(35-17)24(12-26)7-9-41(39)23(2,22(32)37-24)6-3-8-34-41/h4-5,10-11,21H,3,6-9,12-13H2,1-2H3,(H2,32,37)(H,35,36,38)/t23-,24-,41-/m1/s1. The Labute approximate surface area is 232 Å². The second kappa shape index (κ2) is 11.1. The highest BCUT2D eigenvalue weighted by Crippen LogP contribution is 2.41. The van der Waals surface area contributed by atoms with Gasteiger partial charge >= 0.3 is 12.3 Å². The maximum atomic E-state index is 15.1. The minimum Gasteiger partial charge on any atom is -0.485 e. The molecule has 41 heavy (non-hydrogen) atoms. The van der Waals surface area contributed by atoms with Crippen LogP contribution in [0.5, 0.6) is 5.75 Å². The first-order chi connectivity index (χ1) is 19.2. The number of aliphatic imine (C=N–C) groups is 1. The number of carbonyl (C=O) groups excluding carboxylic acids is 1. The van der Waals surface area contributed by atoms with Crippen LogP contribution in [-0.2, 0) is 15.3 Å². The van der Waals surface area contributed by atoms with E-state index in [4.69, 9.17) is 10.5 Å². The Balaban J connectivity index is 1.60. The fourth-order valence-corrected chi connectivity index (χ4v) is 7.42. The van der Waals surface area contributed by atoms with Crippen molar-refractivity contribution in [1.29, 1.82) is 0 Å². The summed E-state index contributed by atoms with van der Waals surface area (Å²) in [6.45, 7) is 0.609. The number of pyridine rings is 2. The van der Waals surface area contributed by atoms with E-state index >= 15 is 4.39 Å². The van der Waals surface area contributed by atoms with Crippen LogP contribution in [0.25, 0.3) is 0 Å². The molecular formula is C25H28F6N6O3S. The van der Waals surface area contributed by atoms with Gasteiger partial charge in [0.15, 0.2) is 6.61 Å². The smallest absolute Gasteiger partial charge is 0.340 e. The second-order valence-electron chi connectivity index (χ2n) is 10.1. The van der Waals surface area contributed by atoms with Crippen molar-refractivity contribution in [2.45, 2.75) is 55.7 Å². The van der Waals surface area contributed by atoms with Crippen LogP contribution in [0.3, 0.4) is 0 Å². The molecule has 9 nitrogen and oxygen atoms in total. The van der Waals surface area contributed by atoms with E-state index in [0.29, 0.717) is 19.4 Å². The third kappa shape index (κ3) is 5.70. The first-order valence-electron chi connectivity index (χ1n) is 12.5. The van der Waals surface area contributed by atoms with Gasteiger partial charge in [-0.05, 0) is 56.9 Å². The molecule has 16 heteroatoms. The van der Waals surface area contributed by atoms with Gasteiger partial charge in [0.2, 0.25) is 0 Å². The van der Waals surface area contributed by atoms with Crippen LogP contribution in [0.2, 0.25) is 0 Å². The minimum atomic E-state index is -4.38. The molecule has 0 saturated heterocycles. The third-order valence-corrected chi connectivity index (χ3v) is 10.4. The normalized spacial score (nSPS) is 26.4. The van der Waals surface area contributed by atoms with Crippen LogP contribution in [-0.4, -0.2) is 68.6 Å². The zero-order chi connectivity index (χ0) is 30.2. The second-order valence-corrected chi connectivity index (χ2v) is 13.0. The highest BCUT2D eigenvalue weighted by molar-refractivity contribution is 7.95. The van der Waals surface area contributed by atoms with Gasteiger partial charge in [-0.15, -0.1) is 0 Å². The molecular weight excluding hydrogens is 578 g/mol. The van der Waals surface area contributed by atoms with Crippen molar-refractivity contribution in [2.24, 2.45) is 15.1 Å². The van der Waals surface area contributed by atoms with Crippen molar-refractivity contribution in [2.75, 3.05) is 30.9 Å². The minimum absolute atomic E-state index is 0.0872. The molecule has 0 radical (unpaired) electrons. The van der Waals surface area contributed by atoms with E-state index in [9.17, 15) is 31.0 Å². The molecule has 0 aromatic carbocycles. The number of halogens is 6. The van der Waals surface area contributed by atoms with Crippen LogP contribution >= 0.6 is 0 Å². The van der Waals surface area contributed by atoms with Gasteiger partial charge in [-0.1, -0.05) is 0 Å². The van der Waals surface area contributed by atoms with Crippen LogP contribution in [0.1, 0.15) is 47.9 Å². The Morgan fingerprint density at radius 1 is 1.29 bits per heavy atom. The number of nitrogens with two attached hydrogens (primary N) is 1. The molecule has 224 valence electrons. The van der Waals surface area contributed by atoms with E-state index in [0.717, 1.165) is 24.4 Å². The highest BCUT2D eigenvalue weighted by Gasteiger charge is 2.49. The van der Waals surface area contributed by atoms with Gasteiger partial charge in [-0.2, -0.15) is 8.78 Å². The van der Waals surface area contributed by atoms with Gasteiger partial charge in [0.05, 0.1) is 15.9 Å². The number of nitrogens with zero attached hydrogens (tertiary/aromatic N) is 4. The van der Waals surface area contributed by atoms with Crippen LogP contribution in [0.15, 0.2) is 33.8 Å². The Bertz CT molecular complexity index is 1500. The summed E-state index contributed by atoms with van der Waals surface area (Å²) in [5, 5.41) is 2.41. The lowest BCUT2D eigenvalue weighted by Crippen LogP contribution is -2.49. The lowest BCUT2D eigenvalue weighted by atomic mass is 9.92. The van der Waals surface area contributed by atoms with Crippen molar-refractivity contribution in [1.82, 2.24) is 9.97 Å². The molecule has 0 unspecified atom stereocenters. The van der Waals surface area contributed by atoms with Crippen molar-refractivity contribution in [3.63, 3.8) is 0 Å². The van der Waals surface area contributed by atoms with E-state index in [1.807, 2.05) is 0 Å². The van der Waals surface area contributed by atoms with Crippen molar-refractivity contribution < 1.29 is 40.1 Å². The van der Waals surface area contributed by atoms with Gasteiger partial charge in [-0.3, -0.25) is 9.79 Å². The predicted molar refractivity (Wildman–Crippen MR) is 139 cm³/mol. The highest BCUT2D eigenvalue weighted by atomic mass is 32.2. The van der Waals surface area contributed by atoms with Gasteiger partial charge in [0.25, 0.3) is 5.91 Å². The predicted octanol–water partition coefficient (Wildman–Crippen LogP) is 4.40. The molecule has 3 N–H and O–H groups in total. The molecule has 4 rings (SSSR count). The van der Waals surface area contributed by atoms with E-state index < -0.39 is 63.1 Å². The number of amidine groups is 1. The maximum Gasteiger partial charge on any atom is 0.340 e. The zero-order valence-corrected chi connectivity index (χ0v) is 22.9. The molecule has 2 aromatic rings. The molecule has 1 amide bonds. The summed E-state index contributed by atoms with van der Waals surface area (Å²) < 4.78 is 102. The Hall–Kier alpha value is -3.43.